The van der Waals surface area contributed by atoms with Crippen LogP contribution in [0, 0.1) is 5.92 Å². The Balaban J connectivity index is 1.41. The van der Waals surface area contributed by atoms with Crippen LogP contribution in [0.1, 0.15) is 50.7 Å². The van der Waals surface area contributed by atoms with Gasteiger partial charge in [-0.2, -0.15) is 0 Å². The lowest BCUT2D eigenvalue weighted by molar-refractivity contribution is -0.134. The molecule has 2 aliphatic heterocycles. The molecule has 1 aromatic carbocycles. The van der Waals surface area contributed by atoms with Crippen LogP contribution in [-0.2, 0) is 22.4 Å². The minimum absolute atomic E-state index is 0.195. The number of hydrogen-bond donors (Lipinski definition) is 0. The Morgan fingerprint density at radius 3 is 1.90 bits per heavy atom. The number of amides is 2. The van der Waals surface area contributed by atoms with Crippen LogP contribution in [0.25, 0.3) is 0 Å². The predicted octanol–water partition coefficient (Wildman–Crippen LogP) is 2.97. The summed E-state index contributed by atoms with van der Waals surface area (Å²) in [7, 11) is 0. The van der Waals surface area contributed by atoms with Gasteiger partial charge in [-0.05, 0) is 36.3 Å². The van der Waals surface area contributed by atoms with Gasteiger partial charge in [0.2, 0.25) is 11.8 Å². The molecule has 2 heterocycles. The fourth-order valence-electron chi connectivity index (χ4n) is 4.32. The molecule has 5 heteroatoms. The van der Waals surface area contributed by atoms with Crippen LogP contribution in [0.3, 0.4) is 0 Å². The normalized spacial score (nSPS) is 18.7. The molecule has 160 valence electrons. The molecular formula is C24H37N3O2. The topological polar surface area (TPSA) is 43.9 Å². The summed E-state index contributed by atoms with van der Waals surface area (Å²) in [4.78, 5) is 31.4. The van der Waals surface area contributed by atoms with Gasteiger partial charge in [-0.1, -0.05) is 51.0 Å². The van der Waals surface area contributed by atoms with Gasteiger partial charge in [0, 0.05) is 39.3 Å². The first-order valence-electron chi connectivity index (χ1n) is 11.4. The Bertz CT molecular complexity index is 655. The average molecular weight is 400 g/mol. The third-order valence-electron chi connectivity index (χ3n) is 6.06. The molecule has 2 aliphatic rings. The molecule has 0 bridgehead atoms. The van der Waals surface area contributed by atoms with Crippen LogP contribution in [0.5, 0.6) is 0 Å². The molecule has 3 rings (SSSR count). The van der Waals surface area contributed by atoms with Crippen LogP contribution in [0.15, 0.2) is 24.3 Å². The highest BCUT2D eigenvalue weighted by Gasteiger charge is 2.24. The van der Waals surface area contributed by atoms with Gasteiger partial charge in [0.05, 0.1) is 13.0 Å². The van der Waals surface area contributed by atoms with Gasteiger partial charge >= 0.3 is 0 Å². The van der Waals surface area contributed by atoms with E-state index in [4.69, 9.17) is 0 Å². The van der Waals surface area contributed by atoms with Gasteiger partial charge in [0.25, 0.3) is 0 Å². The zero-order valence-corrected chi connectivity index (χ0v) is 18.2. The Morgan fingerprint density at radius 1 is 0.759 bits per heavy atom. The van der Waals surface area contributed by atoms with Crippen LogP contribution in [0.2, 0.25) is 0 Å². The number of rotatable bonds is 6. The largest absolute Gasteiger partial charge is 0.342 e. The fraction of sp³-hybridized carbons (Fsp3) is 0.667. The van der Waals surface area contributed by atoms with Crippen LogP contribution in [-0.4, -0.2) is 72.3 Å². The molecule has 0 aliphatic carbocycles. The van der Waals surface area contributed by atoms with Gasteiger partial charge in [0.15, 0.2) is 0 Å². The van der Waals surface area contributed by atoms with Gasteiger partial charge in [-0.3, -0.25) is 14.5 Å². The Morgan fingerprint density at radius 2 is 1.31 bits per heavy atom. The first-order chi connectivity index (χ1) is 14.0. The minimum Gasteiger partial charge on any atom is -0.342 e. The highest BCUT2D eigenvalue weighted by molar-refractivity contribution is 5.79. The lowest BCUT2D eigenvalue weighted by Crippen LogP contribution is -2.52. The van der Waals surface area contributed by atoms with E-state index in [1.54, 1.807) is 0 Å². The molecule has 0 atom stereocenters. The summed E-state index contributed by atoms with van der Waals surface area (Å²) in [6.45, 7) is 9.78. The van der Waals surface area contributed by atoms with E-state index in [9.17, 15) is 9.59 Å². The third kappa shape index (κ3) is 6.84. The Labute approximate surface area is 176 Å². The molecule has 2 amide bonds. The molecule has 5 nitrogen and oxygen atoms in total. The maximum absolute atomic E-state index is 12.7. The van der Waals surface area contributed by atoms with Crippen molar-refractivity contribution in [2.75, 3.05) is 45.8 Å². The Hall–Kier alpha value is -1.88. The summed E-state index contributed by atoms with van der Waals surface area (Å²) in [5, 5.41) is 0. The minimum atomic E-state index is 0.195. The molecule has 0 radical (unpaired) electrons. The van der Waals surface area contributed by atoms with Crippen molar-refractivity contribution in [3.8, 4) is 0 Å². The SMILES string of the molecule is CC(C)Cc1ccc(CC(=O)N2CCN(CC(=O)N3CCCCCC3)CC2)cc1. The summed E-state index contributed by atoms with van der Waals surface area (Å²) in [6.07, 6.45) is 6.29. The molecule has 1 aromatic rings. The van der Waals surface area contributed by atoms with E-state index in [0.717, 1.165) is 64.1 Å². The number of piperazine rings is 1. The second-order valence-electron chi connectivity index (χ2n) is 9.04. The molecule has 2 fully saturated rings. The number of hydrogen-bond acceptors (Lipinski definition) is 3. The highest BCUT2D eigenvalue weighted by Crippen LogP contribution is 2.13. The van der Waals surface area contributed by atoms with Gasteiger partial charge in [-0.15, -0.1) is 0 Å². The summed E-state index contributed by atoms with van der Waals surface area (Å²) in [5.41, 5.74) is 2.42. The zero-order valence-electron chi connectivity index (χ0n) is 18.2. The maximum Gasteiger partial charge on any atom is 0.236 e. The lowest BCUT2D eigenvalue weighted by Gasteiger charge is -2.35. The second kappa shape index (κ2) is 10.8. The third-order valence-corrected chi connectivity index (χ3v) is 6.06. The number of nitrogens with zero attached hydrogens (tertiary/aromatic N) is 3. The van der Waals surface area contributed by atoms with Crippen molar-refractivity contribution in [3.05, 3.63) is 35.4 Å². The van der Waals surface area contributed by atoms with Gasteiger partial charge < -0.3 is 9.80 Å². The quantitative estimate of drug-likeness (QED) is 0.739. The van der Waals surface area contributed by atoms with E-state index in [0.29, 0.717) is 18.9 Å². The number of carbonyl (C=O) groups excluding carboxylic acids is 2. The number of likely N-dealkylation sites (tertiary alicyclic amines) is 1. The van der Waals surface area contributed by atoms with Crippen LogP contribution in [0.4, 0.5) is 0 Å². The van der Waals surface area contributed by atoms with E-state index in [1.807, 2.05) is 9.80 Å². The van der Waals surface area contributed by atoms with Crippen molar-refractivity contribution in [3.63, 3.8) is 0 Å². The zero-order chi connectivity index (χ0) is 20.6. The van der Waals surface area contributed by atoms with E-state index >= 15 is 0 Å². The first kappa shape index (κ1) is 21.8. The maximum atomic E-state index is 12.7. The van der Waals surface area contributed by atoms with E-state index in [2.05, 4.69) is 43.0 Å². The van der Waals surface area contributed by atoms with Crippen molar-refractivity contribution in [1.82, 2.24) is 14.7 Å². The van der Waals surface area contributed by atoms with Crippen LogP contribution >= 0.6 is 0 Å². The highest BCUT2D eigenvalue weighted by atomic mass is 16.2. The van der Waals surface area contributed by atoms with E-state index < -0.39 is 0 Å². The van der Waals surface area contributed by atoms with Crippen molar-refractivity contribution in [2.24, 2.45) is 5.92 Å². The van der Waals surface area contributed by atoms with Crippen LogP contribution < -0.4 is 0 Å². The number of benzene rings is 1. The van der Waals surface area contributed by atoms with Crippen molar-refractivity contribution in [1.29, 1.82) is 0 Å². The van der Waals surface area contributed by atoms with Crippen molar-refractivity contribution < 1.29 is 9.59 Å². The fourth-order valence-corrected chi connectivity index (χ4v) is 4.32. The molecule has 0 unspecified atom stereocenters. The van der Waals surface area contributed by atoms with Gasteiger partial charge in [-0.25, -0.2) is 0 Å². The molecule has 2 saturated heterocycles. The van der Waals surface area contributed by atoms with E-state index in [1.165, 1.54) is 18.4 Å². The lowest BCUT2D eigenvalue weighted by atomic mass is 10.0. The summed E-state index contributed by atoms with van der Waals surface area (Å²) in [6, 6.07) is 8.47. The summed E-state index contributed by atoms with van der Waals surface area (Å²) >= 11 is 0. The molecular weight excluding hydrogens is 362 g/mol. The molecule has 29 heavy (non-hydrogen) atoms. The second-order valence-corrected chi connectivity index (χ2v) is 9.04. The van der Waals surface area contributed by atoms with Crippen molar-refractivity contribution in [2.45, 2.75) is 52.4 Å². The smallest absolute Gasteiger partial charge is 0.236 e. The molecule has 0 aromatic heterocycles. The van der Waals surface area contributed by atoms with E-state index in [-0.39, 0.29) is 11.8 Å². The first-order valence-corrected chi connectivity index (χ1v) is 11.4. The molecule has 0 spiro atoms. The summed E-state index contributed by atoms with van der Waals surface area (Å²) in [5.74, 6) is 1.10. The molecule has 0 saturated carbocycles. The molecule has 0 N–H and O–H groups in total. The predicted molar refractivity (Wildman–Crippen MR) is 117 cm³/mol. The summed E-state index contributed by atoms with van der Waals surface area (Å²) < 4.78 is 0. The Kier molecular flexibility index (Phi) is 8.10. The van der Waals surface area contributed by atoms with Gasteiger partial charge in [0.1, 0.15) is 0 Å². The van der Waals surface area contributed by atoms with Crippen molar-refractivity contribution >= 4 is 11.8 Å². The number of carbonyl (C=O) groups is 2. The average Bonchev–Trinajstić information content (AvgIpc) is 2.99. The monoisotopic (exact) mass is 399 g/mol. The standard InChI is InChI=1S/C24H37N3O2/c1-20(2)17-21-7-9-22(10-8-21)18-23(28)27-15-13-25(14-16-27)19-24(29)26-11-5-3-4-6-12-26/h7-10,20H,3-6,11-19H2,1-2H3.